The van der Waals surface area contributed by atoms with E-state index in [2.05, 4.69) is 5.32 Å². The maximum Gasteiger partial charge on any atom is 0.231 e. The number of ether oxygens (including phenoxy) is 2. The third-order valence-electron chi connectivity index (χ3n) is 4.16. The van der Waals surface area contributed by atoms with Gasteiger partial charge in [-0.15, -0.1) is 0 Å². The summed E-state index contributed by atoms with van der Waals surface area (Å²) in [6.45, 7) is 3.40. The van der Waals surface area contributed by atoms with Gasteiger partial charge in [-0.2, -0.15) is 0 Å². The van der Waals surface area contributed by atoms with Crippen molar-refractivity contribution in [3.05, 3.63) is 18.2 Å². The minimum atomic E-state index is -0.0497. The number of nitrogens with zero attached hydrogens (tertiary/aromatic N) is 1. The molecule has 1 N–H and O–H groups in total. The Balaban J connectivity index is 1.56. The lowest BCUT2D eigenvalue weighted by Gasteiger charge is -2.31. The van der Waals surface area contributed by atoms with Gasteiger partial charge in [0.2, 0.25) is 18.6 Å². The van der Waals surface area contributed by atoms with Gasteiger partial charge in [-0.3, -0.25) is 9.59 Å². The molecule has 0 radical (unpaired) electrons. The molecule has 2 aliphatic rings. The number of anilines is 1. The maximum absolute atomic E-state index is 12.3. The van der Waals surface area contributed by atoms with Gasteiger partial charge in [0, 0.05) is 37.2 Å². The van der Waals surface area contributed by atoms with Crippen molar-refractivity contribution >= 4 is 17.5 Å². The van der Waals surface area contributed by atoms with Crippen LogP contribution in [0.25, 0.3) is 0 Å². The van der Waals surface area contributed by atoms with Crippen LogP contribution in [0, 0.1) is 5.92 Å². The number of hydrogen-bond donors (Lipinski definition) is 1. The Morgan fingerprint density at radius 2 is 1.95 bits per heavy atom. The van der Waals surface area contributed by atoms with Gasteiger partial charge >= 0.3 is 0 Å². The summed E-state index contributed by atoms with van der Waals surface area (Å²) < 4.78 is 10.5. The fraction of sp³-hybridized carbons (Fsp3) is 0.500. The largest absolute Gasteiger partial charge is 0.454 e. The molecule has 3 rings (SSSR count). The Morgan fingerprint density at radius 1 is 1.23 bits per heavy atom. The zero-order chi connectivity index (χ0) is 15.5. The van der Waals surface area contributed by atoms with E-state index in [0.29, 0.717) is 49.5 Å². The minimum absolute atomic E-state index is 0.00228. The summed E-state index contributed by atoms with van der Waals surface area (Å²) in [5, 5.41) is 2.92. The van der Waals surface area contributed by atoms with Crippen LogP contribution in [0.15, 0.2) is 18.2 Å². The summed E-state index contributed by atoms with van der Waals surface area (Å²) in [6.07, 6.45) is 1.94. The van der Waals surface area contributed by atoms with E-state index in [1.807, 2.05) is 11.8 Å². The molecule has 6 heteroatoms. The first kappa shape index (κ1) is 14.7. The standard InChI is InChI=1S/C16H20N2O4/c1-2-15(19)18-7-5-11(6-8-18)16(20)17-12-3-4-13-14(9-12)22-10-21-13/h3-4,9,11H,2,5-8,10H2,1H3,(H,17,20). The van der Waals surface area contributed by atoms with Crippen LogP contribution in [0.5, 0.6) is 11.5 Å². The molecule has 0 aliphatic carbocycles. The summed E-state index contributed by atoms with van der Waals surface area (Å²) in [4.78, 5) is 25.8. The predicted octanol–water partition coefficient (Wildman–Crippen LogP) is 2.00. The molecule has 6 nitrogen and oxygen atoms in total. The van der Waals surface area contributed by atoms with Crippen LogP contribution in [-0.2, 0) is 9.59 Å². The highest BCUT2D eigenvalue weighted by Gasteiger charge is 2.27. The highest BCUT2D eigenvalue weighted by Crippen LogP contribution is 2.34. The highest BCUT2D eigenvalue weighted by atomic mass is 16.7. The van der Waals surface area contributed by atoms with Crippen LogP contribution in [-0.4, -0.2) is 36.6 Å². The number of likely N-dealkylation sites (tertiary alicyclic amines) is 1. The van der Waals surface area contributed by atoms with Crippen molar-refractivity contribution in [3.63, 3.8) is 0 Å². The molecule has 0 saturated carbocycles. The van der Waals surface area contributed by atoms with Crippen LogP contribution >= 0.6 is 0 Å². The smallest absolute Gasteiger partial charge is 0.231 e. The summed E-state index contributed by atoms with van der Waals surface area (Å²) in [5.74, 6) is 1.47. The Morgan fingerprint density at radius 3 is 2.68 bits per heavy atom. The molecule has 0 bridgehead atoms. The van der Waals surface area contributed by atoms with Crippen LogP contribution in [0.4, 0.5) is 5.69 Å². The third-order valence-corrected chi connectivity index (χ3v) is 4.16. The van der Waals surface area contributed by atoms with E-state index in [1.165, 1.54) is 0 Å². The third kappa shape index (κ3) is 3.00. The first-order valence-electron chi connectivity index (χ1n) is 7.65. The average molecular weight is 304 g/mol. The predicted molar refractivity (Wildman–Crippen MR) is 80.8 cm³/mol. The van der Waals surface area contributed by atoms with Gasteiger partial charge in [-0.25, -0.2) is 0 Å². The van der Waals surface area contributed by atoms with Gasteiger partial charge in [0.15, 0.2) is 11.5 Å². The van der Waals surface area contributed by atoms with Crippen molar-refractivity contribution in [1.29, 1.82) is 0 Å². The van der Waals surface area contributed by atoms with Crippen molar-refractivity contribution in [2.24, 2.45) is 5.92 Å². The number of carbonyl (C=O) groups excluding carboxylic acids is 2. The summed E-state index contributed by atoms with van der Waals surface area (Å²) in [5.41, 5.74) is 0.710. The number of carbonyl (C=O) groups is 2. The van der Waals surface area contributed by atoms with E-state index in [0.717, 1.165) is 0 Å². The van der Waals surface area contributed by atoms with Crippen LogP contribution in [0.1, 0.15) is 26.2 Å². The molecule has 1 aromatic rings. The quantitative estimate of drug-likeness (QED) is 0.927. The van der Waals surface area contributed by atoms with E-state index < -0.39 is 0 Å². The molecule has 2 heterocycles. The molecule has 2 amide bonds. The lowest BCUT2D eigenvalue weighted by atomic mass is 9.95. The van der Waals surface area contributed by atoms with Crippen LogP contribution < -0.4 is 14.8 Å². The fourth-order valence-electron chi connectivity index (χ4n) is 2.83. The van der Waals surface area contributed by atoms with E-state index in [9.17, 15) is 9.59 Å². The molecule has 22 heavy (non-hydrogen) atoms. The maximum atomic E-state index is 12.3. The zero-order valence-electron chi connectivity index (χ0n) is 12.6. The van der Waals surface area contributed by atoms with Gasteiger partial charge in [0.05, 0.1) is 0 Å². The van der Waals surface area contributed by atoms with Gasteiger partial charge in [0.25, 0.3) is 0 Å². The molecule has 1 fully saturated rings. The highest BCUT2D eigenvalue weighted by molar-refractivity contribution is 5.93. The normalized spacial score (nSPS) is 17.4. The van der Waals surface area contributed by atoms with Crippen LogP contribution in [0.3, 0.4) is 0 Å². The molecule has 0 aromatic heterocycles. The first-order chi connectivity index (χ1) is 10.7. The number of nitrogens with one attached hydrogen (secondary N) is 1. The molecule has 0 spiro atoms. The molecule has 1 saturated heterocycles. The SMILES string of the molecule is CCC(=O)N1CCC(C(=O)Nc2ccc3c(c2)OCO3)CC1. The van der Waals surface area contributed by atoms with Crippen molar-refractivity contribution in [1.82, 2.24) is 4.90 Å². The number of benzene rings is 1. The molecule has 118 valence electrons. The Kier molecular flexibility index (Phi) is 4.18. The average Bonchev–Trinajstić information content (AvgIpc) is 3.02. The van der Waals surface area contributed by atoms with Crippen molar-refractivity contribution in [2.75, 3.05) is 25.2 Å². The Labute approximate surface area is 129 Å². The Hall–Kier alpha value is -2.24. The fourth-order valence-corrected chi connectivity index (χ4v) is 2.83. The van der Waals surface area contributed by atoms with Gasteiger partial charge < -0.3 is 19.7 Å². The van der Waals surface area contributed by atoms with Gasteiger partial charge in [0.1, 0.15) is 0 Å². The van der Waals surface area contributed by atoms with Gasteiger partial charge in [-0.1, -0.05) is 6.92 Å². The lowest BCUT2D eigenvalue weighted by molar-refractivity contribution is -0.134. The monoisotopic (exact) mass is 304 g/mol. The van der Waals surface area contributed by atoms with E-state index in [-0.39, 0.29) is 24.5 Å². The molecule has 0 unspecified atom stereocenters. The van der Waals surface area contributed by atoms with Gasteiger partial charge in [-0.05, 0) is 25.0 Å². The number of fused-ring (bicyclic) bond motifs is 1. The van der Waals surface area contributed by atoms with Crippen molar-refractivity contribution in [3.8, 4) is 11.5 Å². The molecule has 2 aliphatic heterocycles. The zero-order valence-corrected chi connectivity index (χ0v) is 12.6. The molecule has 1 aromatic carbocycles. The second-order valence-electron chi connectivity index (χ2n) is 5.57. The second kappa shape index (κ2) is 6.25. The molecule has 0 atom stereocenters. The minimum Gasteiger partial charge on any atom is -0.454 e. The van der Waals surface area contributed by atoms with E-state index in [1.54, 1.807) is 18.2 Å². The topological polar surface area (TPSA) is 67.9 Å². The molecular weight excluding hydrogens is 284 g/mol. The first-order valence-corrected chi connectivity index (χ1v) is 7.65. The Bertz CT molecular complexity index is 580. The van der Waals surface area contributed by atoms with Crippen molar-refractivity contribution < 1.29 is 19.1 Å². The second-order valence-corrected chi connectivity index (χ2v) is 5.57. The number of rotatable bonds is 3. The lowest BCUT2D eigenvalue weighted by Crippen LogP contribution is -2.41. The number of piperidine rings is 1. The molecular formula is C16H20N2O4. The number of amides is 2. The van der Waals surface area contributed by atoms with Crippen LogP contribution in [0.2, 0.25) is 0 Å². The van der Waals surface area contributed by atoms with Crippen molar-refractivity contribution in [2.45, 2.75) is 26.2 Å². The summed E-state index contributed by atoms with van der Waals surface area (Å²) in [6, 6.07) is 5.37. The summed E-state index contributed by atoms with van der Waals surface area (Å²) in [7, 11) is 0. The number of hydrogen-bond acceptors (Lipinski definition) is 4. The van der Waals surface area contributed by atoms with E-state index >= 15 is 0 Å². The van der Waals surface area contributed by atoms with E-state index in [4.69, 9.17) is 9.47 Å². The summed E-state index contributed by atoms with van der Waals surface area (Å²) >= 11 is 0.